The van der Waals surface area contributed by atoms with Gasteiger partial charge in [-0.15, -0.1) is 0 Å². The van der Waals surface area contributed by atoms with Crippen LogP contribution in [0.15, 0.2) is 0 Å². The van der Waals surface area contributed by atoms with Crippen LogP contribution in [0.4, 0.5) is 0 Å². The van der Waals surface area contributed by atoms with Crippen molar-refractivity contribution in [1.82, 2.24) is 10.2 Å². The average Bonchev–Trinajstić information content (AvgIpc) is 2.57. The van der Waals surface area contributed by atoms with Gasteiger partial charge in [0.05, 0.1) is 11.5 Å². The average molecular weight is 248 g/mol. The smallest absolute Gasteiger partial charge is 0.151 e. The number of hydrogen-bond acceptors (Lipinski definition) is 4. The van der Waals surface area contributed by atoms with Gasteiger partial charge < -0.3 is 10.2 Å². The molecule has 2 atom stereocenters. The molecule has 1 fully saturated rings. The van der Waals surface area contributed by atoms with E-state index in [2.05, 4.69) is 31.1 Å². The maximum Gasteiger partial charge on any atom is 0.151 e. The van der Waals surface area contributed by atoms with E-state index in [0.29, 0.717) is 17.5 Å². The first-order valence-electron chi connectivity index (χ1n) is 6.08. The van der Waals surface area contributed by atoms with Crippen molar-refractivity contribution in [3.05, 3.63) is 0 Å². The Kier molecular flexibility index (Phi) is 5.21. The molecular formula is C11H24N2O2S. The summed E-state index contributed by atoms with van der Waals surface area (Å²) >= 11 is 0. The molecule has 16 heavy (non-hydrogen) atoms. The first kappa shape index (κ1) is 13.9. The standard InChI is InChI=1S/C11H24N2O2S/c1-4-10(2)13(3)7-6-12-11-5-8-16(14,15)9-11/h10-12H,4-9H2,1-3H3. The molecule has 2 unspecified atom stereocenters. The van der Waals surface area contributed by atoms with Gasteiger partial charge in [0.15, 0.2) is 9.84 Å². The van der Waals surface area contributed by atoms with Crippen molar-refractivity contribution in [3.8, 4) is 0 Å². The molecule has 4 nitrogen and oxygen atoms in total. The third-order valence-electron chi connectivity index (χ3n) is 3.47. The fourth-order valence-electron chi connectivity index (χ4n) is 1.93. The van der Waals surface area contributed by atoms with Gasteiger partial charge in [-0.1, -0.05) is 6.92 Å². The van der Waals surface area contributed by atoms with Gasteiger partial charge in [0, 0.05) is 25.2 Å². The van der Waals surface area contributed by atoms with Crippen LogP contribution in [0.1, 0.15) is 26.7 Å². The second-order valence-electron chi connectivity index (χ2n) is 4.79. The number of hydrogen-bond donors (Lipinski definition) is 1. The lowest BCUT2D eigenvalue weighted by Gasteiger charge is -2.24. The fraction of sp³-hybridized carbons (Fsp3) is 1.00. The third kappa shape index (κ3) is 4.39. The van der Waals surface area contributed by atoms with E-state index in [1.807, 2.05) is 0 Å². The van der Waals surface area contributed by atoms with Crippen LogP contribution >= 0.6 is 0 Å². The Labute approximate surface area is 99.3 Å². The summed E-state index contributed by atoms with van der Waals surface area (Å²) in [7, 11) is -0.631. The van der Waals surface area contributed by atoms with Crippen LogP contribution < -0.4 is 5.32 Å². The quantitative estimate of drug-likeness (QED) is 0.743. The highest BCUT2D eigenvalue weighted by atomic mass is 32.2. The van der Waals surface area contributed by atoms with Gasteiger partial charge in [0.2, 0.25) is 0 Å². The predicted octanol–water partition coefficient (Wildman–Crippen LogP) is 0.493. The van der Waals surface area contributed by atoms with Crippen LogP contribution in [0.25, 0.3) is 0 Å². The molecule has 1 aliphatic rings. The molecule has 1 rings (SSSR count). The van der Waals surface area contributed by atoms with Gasteiger partial charge in [0.25, 0.3) is 0 Å². The van der Waals surface area contributed by atoms with Crippen LogP contribution in [0.3, 0.4) is 0 Å². The minimum atomic E-state index is -2.74. The van der Waals surface area contributed by atoms with Crippen LogP contribution in [0, 0.1) is 0 Å². The van der Waals surface area contributed by atoms with E-state index < -0.39 is 9.84 Å². The summed E-state index contributed by atoms with van der Waals surface area (Å²) in [6.07, 6.45) is 1.92. The molecule has 1 N–H and O–H groups in total. The minimum absolute atomic E-state index is 0.176. The summed E-state index contributed by atoms with van der Waals surface area (Å²) in [5, 5.41) is 3.33. The van der Waals surface area contributed by atoms with E-state index in [4.69, 9.17) is 0 Å². The normalized spacial score (nSPS) is 26.1. The number of nitrogens with zero attached hydrogens (tertiary/aromatic N) is 1. The van der Waals surface area contributed by atoms with E-state index in [1.165, 1.54) is 0 Å². The molecule has 0 saturated carbocycles. The summed E-state index contributed by atoms with van der Waals surface area (Å²) in [5.74, 6) is 0.673. The Morgan fingerprint density at radius 2 is 2.19 bits per heavy atom. The number of sulfone groups is 1. The molecule has 0 spiro atoms. The first-order valence-corrected chi connectivity index (χ1v) is 7.91. The van der Waals surface area contributed by atoms with Gasteiger partial charge in [-0.05, 0) is 26.8 Å². The van der Waals surface area contributed by atoms with Gasteiger partial charge in [0.1, 0.15) is 0 Å². The summed E-state index contributed by atoms with van der Waals surface area (Å²) in [6.45, 7) is 6.24. The van der Waals surface area contributed by atoms with Crippen molar-refractivity contribution < 1.29 is 8.42 Å². The zero-order valence-corrected chi connectivity index (χ0v) is 11.4. The second kappa shape index (κ2) is 5.98. The molecule has 0 aliphatic carbocycles. The SMILES string of the molecule is CCC(C)N(C)CCNC1CCS(=O)(=O)C1. The highest BCUT2D eigenvalue weighted by Gasteiger charge is 2.27. The molecule has 0 aromatic rings. The predicted molar refractivity (Wildman–Crippen MR) is 67.4 cm³/mol. The van der Waals surface area contributed by atoms with Gasteiger partial charge in [-0.25, -0.2) is 8.42 Å². The lowest BCUT2D eigenvalue weighted by molar-refractivity contribution is 0.249. The maximum absolute atomic E-state index is 11.2. The maximum atomic E-state index is 11.2. The largest absolute Gasteiger partial charge is 0.312 e. The number of rotatable bonds is 6. The number of likely N-dealkylation sites (N-methyl/N-ethyl adjacent to an activating group) is 1. The molecule has 0 aromatic carbocycles. The Balaban J connectivity index is 2.17. The first-order chi connectivity index (χ1) is 7.44. The van der Waals surface area contributed by atoms with Crippen LogP contribution in [-0.2, 0) is 9.84 Å². The van der Waals surface area contributed by atoms with E-state index in [-0.39, 0.29) is 6.04 Å². The summed E-state index contributed by atoms with van der Waals surface area (Å²) < 4.78 is 22.5. The Hall–Kier alpha value is -0.130. The van der Waals surface area contributed by atoms with Crippen LogP contribution in [0.5, 0.6) is 0 Å². The lowest BCUT2D eigenvalue weighted by Crippen LogP contribution is -2.39. The van der Waals surface area contributed by atoms with Gasteiger partial charge >= 0.3 is 0 Å². The van der Waals surface area contributed by atoms with Crippen molar-refractivity contribution in [2.45, 2.75) is 38.8 Å². The molecular weight excluding hydrogens is 224 g/mol. The zero-order chi connectivity index (χ0) is 12.2. The second-order valence-corrected chi connectivity index (χ2v) is 7.02. The molecule has 1 aliphatic heterocycles. The van der Waals surface area contributed by atoms with Crippen molar-refractivity contribution in [1.29, 1.82) is 0 Å². The van der Waals surface area contributed by atoms with Crippen molar-refractivity contribution in [3.63, 3.8) is 0 Å². The molecule has 96 valence electrons. The molecule has 5 heteroatoms. The number of nitrogens with one attached hydrogen (secondary N) is 1. The zero-order valence-electron chi connectivity index (χ0n) is 10.6. The molecule has 0 radical (unpaired) electrons. The Morgan fingerprint density at radius 1 is 1.50 bits per heavy atom. The summed E-state index contributed by atoms with van der Waals surface area (Å²) in [6, 6.07) is 0.768. The highest BCUT2D eigenvalue weighted by molar-refractivity contribution is 7.91. The molecule has 0 amide bonds. The van der Waals surface area contributed by atoms with Crippen molar-refractivity contribution in [2.24, 2.45) is 0 Å². The van der Waals surface area contributed by atoms with Crippen LogP contribution in [0.2, 0.25) is 0 Å². The van der Waals surface area contributed by atoms with Crippen molar-refractivity contribution in [2.75, 3.05) is 31.6 Å². The van der Waals surface area contributed by atoms with Crippen LogP contribution in [-0.4, -0.2) is 57.0 Å². The van der Waals surface area contributed by atoms with E-state index in [1.54, 1.807) is 0 Å². The molecule has 1 saturated heterocycles. The summed E-state index contributed by atoms with van der Waals surface area (Å²) in [4.78, 5) is 2.30. The van der Waals surface area contributed by atoms with Gasteiger partial charge in [-0.2, -0.15) is 0 Å². The van der Waals surface area contributed by atoms with E-state index >= 15 is 0 Å². The Bertz CT molecular complexity index is 303. The van der Waals surface area contributed by atoms with Crippen molar-refractivity contribution >= 4 is 9.84 Å². The Morgan fingerprint density at radius 3 is 2.69 bits per heavy atom. The summed E-state index contributed by atoms with van der Waals surface area (Å²) in [5.41, 5.74) is 0. The van der Waals surface area contributed by atoms with Gasteiger partial charge in [-0.3, -0.25) is 0 Å². The fourth-order valence-corrected chi connectivity index (χ4v) is 3.64. The molecule has 0 aromatic heterocycles. The topological polar surface area (TPSA) is 49.4 Å². The third-order valence-corrected chi connectivity index (χ3v) is 5.24. The lowest BCUT2D eigenvalue weighted by atomic mass is 10.2. The highest BCUT2D eigenvalue weighted by Crippen LogP contribution is 2.10. The monoisotopic (exact) mass is 248 g/mol. The molecule has 0 bridgehead atoms. The van der Waals surface area contributed by atoms with E-state index in [9.17, 15) is 8.42 Å². The molecule has 1 heterocycles. The van der Waals surface area contributed by atoms with E-state index in [0.717, 1.165) is 25.9 Å². The minimum Gasteiger partial charge on any atom is -0.312 e.